The molecule has 3 aliphatic rings. The number of morpholine rings is 1. The molecule has 0 unspecified atom stereocenters. The highest BCUT2D eigenvalue weighted by molar-refractivity contribution is 5.84. The highest BCUT2D eigenvalue weighted by Gasteiger charge is 2.39. The number of carbonyl (C=O) groups is 1. The van der Waals surface area contributed by atoms with Crippen molar-refractivity contribution in [2.45, 2.75) is 31.0 Å². The van der Waals surface area contributed by atoms with E-state index in [9.17, 15) is 4.79 Å². The number of para-hydroxylation sites is 1. The molecule has 2 fully saturated rings. The van der Waals surface area contributed by atoms with E-state index in [0.29, 0.717) is 31.7 Å². The SMILES string of the molecule is COc1cccc2c1OCC(c1nccn1[C@@H]1C[C@H]3CO[C@@H](CC(=O)N(C)C)CN3C1)=C2. The lowest BCUT2D eigenvalue weighted by Crippen LogP contribution is -2.47. The van der Waals surface area contributed by atoms with Gasteiger partial charge in [0.05, 0.1) is 26.2 Å². The Morgan fingerprint density at radius 2 is 2.16 bits per heavy atom. The number of benzene rings is 1. The summed E-state index contributed by atoms with van der Waals surface area (Å²) in [6.45, 7) is 2.86. The molecule has 8 heteroatoms. The Hall–Kier alpha value is -2.84. The Morgan fingerprint density at radius 1 is 1.28 bits per heavy atom. The first-order valence-electron chi connectivity index (χ1n) is 11.1. The van der Waals surface area contributed by atoms with E-state index in [0.717, 1.165) is 48.0 Å². The Bertz CT molecular complexity index is 1030. The van der Waals surface area contributed by atoms with Crippen molar-refractivity contribution in [3.8, 4) is 11.5 Å². The van der Waals surface area contributed by atoms with Gasteiger partial charge >= 0.3 is 0 Å². The van der Waals surface area contributed by atoms with E-state index in [1.165, 1.54) is 0 Å². The van der Waals surface area contributed by atoms with Gasteiger partial charge in [0.25, 0.3) is 0 Å². The fourth-order valence-electron chi connectivity index (χ4n) is 4.94. The maximum Gasteiger partial charge on any atom is 0.224 e. The van der Waals surface area contributed by atoms with E-state index in [4.69, 9.17) is 14.2 Å². The molecule has 2 saturated heterocycles. The van der Waals surface area contributed by atoms with Gasteiger partial charge in [-0.05, 0) is 18.6 Å². The van der Waals surface area contributed by atoms with Crippen molar-refractivity contribution in [3.63, 3.8) is 0 Å². The van der Waals surface area contributed by atoms with Crippen molar-refractivity contribution in [2.24, 2.45) is 0 Å². The van der Waals surface area contributed by atoms with Gasteiger partial charge in [0.15, 0.2) is 11.5 Å². The third-order valence-electron chi connectivity index (χ3n) is 6.65. The number of rotatable bonds is 5. The molecule has 0 radical (unpaired) electrons. The maximum absolute atomic E-state index is 12.1. The number of carbonyl (C=O) groups excluding carboxylic acids is 1. The number of amides is 1. The Labute approximate surface area is 188 Å². The molecule has 170 valence electrons. The summed E-state index contributed by atoms with van der Waals surface area (Å²) in [6.07, 6.45) is 7.48. The molecule has 0 saturated carbocycles. The molecule has 5 rings (SSSR count). The van der Waals surface area contributed by atoms with Crippen LogP contribution in [-0.4, -0.2) is 84.9 Å². The van der Waals surface area contributed by atoms with E-state index in [-0.39, 0.29) is 12.0 Å². The number of nitrogens with zero attached hydrogens (tertiary/aromatic N) is 4. The molecule has 32 heavy (non-hydrogen) atoms. The summed E-state index contributed by atoms with van der Waals surface area (Å²) in [7, 11) is 5.24. The zero-order valence-electron chi connectivity index (χ0n) is 18.9. The van der Waals surface area contributed by atoms with Crippen molar-refractivity contribution < 1.29 is 19.0 Å². The third kappa shape index (κ3) is 3.89. The molecule has 0 bridgehead atoms. The van der Waals surface area contributed by atoms with E-state index in [1.807, 2.05) is 24.4 Å². The van der Waals surface area contributed by atoms with Crippen LogP contribution >= 0.6 is 0 Å². The lowest BCUT2D eigenvalue weighted by Gasteiger charge is -2.35. The molecule has 3 aliphatic heterocycles. The van der Waals surface area contributed by atoms with Crippen LogP contribution in [0.1, 0.15) is 30.3 Å². The average molecular weight is 439 g/mol. The lowest BCUT2D eigenvalue weighted by molar-refractivity contribution is -0.134. The lowest BCUT2D eigenvalue weighted by atomic mass is 10.1. The Balaban J connectivity index is 1.32. The highest BCUT2D eigenvalue weighted by atomic mass is 16.5. The van der Waals surface area contributed by atoms with Gasteiger partial charge in [-0.1, -0.05) is 12.1 Å². The van der Waals surface area contributed by atoms with Crippen LogP contribution in [0.2, 0.25) is 0 Å². The molecule has 0 N–H and O–H groups in total. The van der Waals surface area contributed by atoms with E-state index in [2.05, 4.69) is 26.7 Å². The van der Waals surface area contributed by atoms with Gasteiger partial charge in [0.2, 0.25) is 5.91 Å². The standard InChI is InChI=1S/C24H30N4O4/c1-26(2)22(29)11-20-13-27-12-18(10-19(27)15-31-20)28-8-7-25-24(28)17-9-16-5-4-6-21(30-3)23(16)32-14-17/h4-9,18-20H,10-15H2,1-3H3/t18-,19+,20+/m1/s1. The van der Waals surface area contributed by atoms with Crippen LogP contribution in [0.15, 0.2) is 30.6 Å². The second-order valence-electron chi connectivity index (χ2n) is 8.94. The highest BCUT2D eigenvalue weighted by Crippen LogP contribution is 2.39. The second-order valence-corrected chi connectivity index (χ2v) is 8.94. The minimum absolute atomic E-state index is 0.0388. The van der Waals surface area contributed by atoms with Crippen LogP contribution in [0.5, 0.6) is 11.5 Å². The molecule has 8 nitrogen and oxygen atoms in total. The number of hydrogen-bond donors (Lipinski definition) is 0. The first-order valence-corrected chi connectivity index (χ1v) is 11.1. The smallest absolute Gasteiger partial charge is 0.224 e. The van der Waals surface area contributed by atoms with Crippen LogP contribution in [0.3, 0.4) is 0 Å². The maximum atomic E-state index is 12.1. The zero-order chi connectivity index (χ0) is 22.2. The minimum Gasteiger partial charge on any atom is -0.493 e. The monoisotopic (exact) mass is 438 g/mol. The van der Waals surface area contributed by atoms with E-state index < -0.39 is 0 Å². The molecule has 0 aliphatic carbocycles. The number of hydrogen-bond acceptors (Lipinski definition) is 6. The van der Waals surface area contributed by atoms with Gasteiger partial charge in [-0.15, -0.1) is 0 Å². The summed E-state index contributed by atoms with van der Waals surface area (Å²) >= 11 is 0. The van der Waals surface area contributed by atoms with Gasteiger partial charge in [-0.3, -0.25) is 9.69 Å². The minimum atomic E-state index is -0.0388. The van der Waals surface area contributed by atoms with Crippen LogP contribution in [0.25, 0.3) is 11.6 Å². The summed E-state index contributed by atoms with van der Waals surface area (Å²) in [6, 6.07) is 6.61. The van der Waals surface area contributed by atoms with Crippen molar-refractivity contribution in [1.82, 2.24) is 19.4 Å². The topological polar surface area (TPSA) is 69.1 Å². The van der Waals surface area contributed by atoms with Crippen LogP contribution in [0, 0.1) is 0 Å². The molecular weight excluding hydrogens is 408 g/mol. The average Bonchev–Trinajstić information content (AvgIpc) is 3.44. The molecule has 1 aromatic carbocycles. The Morgan fingerprint density at radius 3 is 2.97 bits per heavy atom. The predicted molar refractivity (Wildman–Crippen MR) is 121 cm³/mol. The molecule has 3 atom stereocenters. The van der Waals surface area contributed by atoms with E-state index >= 15 is 0 Å². The fraction of sp³-hybridized carbons (Fsp3) is 0.500. The van der Waals surface area contributed by atoms with Crippen LogP contribution < -0.4 is 9.47 Å². The number of methoxy groups -OCH3 is 1. The number of aromatic nitrogens is 2. The summed E-state index contributed by atoms with van der Waals surface area (Å²) in [5.74, 6) is 2.59. The molecule has 2 aromatic rings. The van der Waals surface area contributed by atoms with Crippen LogP contribution in [0.4, 0.5) is 0 Å². The van der Waals surface area contributed by atoms with Gasteiger partial charge in [0, 0.05) is 62.8 Å². The second kappa shape index (κ2) is 8.60. The van der Waals surface area contributed by atoms with Gasteiger partial charge < -0.3 is 23.7 Å². The molecule has 4 heterocycles. The third-order valence-corrected chi connectivity index (χ3v) is 6.65. The fourth-order valence-corrected chi connectivity index (χ4v) is 4.94. The predicted octanol–water partition coefficient (Wildman–Crippen LogP) is 2.32. The molecule has 1 amide bonds. The normalized spacial score (nSPS) is 24.8. The number of fused-ring (bicyclic) bond motifs is 2. The summed E-state index contributed by atoms with van der Waals surface area (Å²) in [5, 5.41) is 0. The summed E-state index contributed by atoms with van der Waals surface area (Å²) < 4.78 is 19.8. The van der Waals surface area contributed by atoms with Gasteiger partial charge in [-0.25, -0.2) is 4.98 Å². The van der Waals surface area contributed by atoms with Crippen molar-refractivity contribution in [3.05, 3.63) is 42.0 Å². The first-order chi connectivity index (χ1) is 15.5. The molecular formula is C24H30N4O4. The molecule has 0 spiro atoms. The largest absolute Gasteiger partial charge is 0.493 e. The van der Waals surface area contributed by atoms with Crippen molar-refractivity contribution >= 4 is 17.6 Å². The van der Waals surface area contributed by atoms with Gasteiger partial charge in [0.1, 0.15) is 12.4 Å². The number of ether oxygens (including phenoxy) is 3. The van der Waals surface area contributed by atoms with E-state index in [1.54, 1.807) is 26.1 Å². The van der Waals surface area contributed by atoms with Crippen molar-refractivity contribution in [1.29, 1.82) is 0 Å². The number of imidazole rings is 1. The Kier molecular flexibility index (Phi) is 5.65. The first kappa shape index (κ1) is 21.0. The van der Waals surface area contributed by atoms with Crippen molar-refractivity contribution in [2.75, 3.05) is 47.5 Å². The summed E-state index contributed by atoms with van der Waals surface area (Å²) in [5.41, 5.74) is 2.07. The molecule has 1 aromatic heterocycles. The summed E-state index contributed by atoms with van der Waals surface area (Å²) in [4.78, 5) is 20.9. The van der Waals surface area contributed by atoms with Gasteiger partial charge in [-0.2, -0.15) is 0 Å². The quantitative estimate of drug-likeness (QED) is 0.714. The van der Waals surface area contributed by atoms with Crippen LogP contribution in [-0.2, 0) is 9.53 Å². The zero-order valence-corrected chi connectivity index (χ0v) is 18.9.